The number of halogens is 1. The van der Waals surface area contributed by atoms with Crippen LogP contribution in [0.3, 0.4) is 0 Å². The number of aryl methyl sites for hydroxylation is 1. The molecule has 0 aliphatic heterocycles. The zero-order chi connectivity index (χ0) is 18.4. The van der Waals surface area contributed by atoms with Crippen molar-refractivity contribution in [3.63, 3.8) is 0 Å². The molecule has 1 aromatic carbocycles. The monoisotopic (exact) mass is 451 g/mol. The van der Waals surface area contributed by atoms with E-state index in [0.29, 0.717) is 10.3 Å². The van der Waals surface area contributed by atoms with Crippen molar-refractivity contribution >= 4 is 50.1 Å². The number of thioether (sulfide) groups is 1. The number of carbonyl (C=O) groups excluding carboxylic acids is 1. The Kier molecular flexibility index (Phi) is 6.81. The Labute approximate surface area is 168 Å². The number of H-pyrrole nitrogens is 1. The Balaban J connectivity index is 1.50. The molecular formula is C17H18BrN5OS2. The third-order valence-electron chi connectivity index (χ3n) is 3.50. The summed E-state index contributed by atoms with van der Waals surface area (Å²) in [5, 5.41) is 13.0. The average Bonchev–Trinajstić information content (AvgIpc) is 3.28. The molecule has 1 amide bonds. The number of hydrogen-bond donors (Lipinski definition) is 2. The molecule has 0 aliphatic carbocycles. The topological polar surface area (TPSA) is 83.6 Å². The van der Waals surface area contributed by atoms with E-state index in [0.717, 1.165) is 40.8 Å². The van der Waals surface area contributed by atoms with Crippen molar-refractivity contribution in [1.29, 1.82) is 0 Å². The highest BCUT2D eigenvalue weighted by Crippen LogP contribution is 2.26. The number of aromatic amines is 1. The number of hydrogen-bond acceptors (Lipinski definition) is 6. The first-order chi connectivity index (χ1) is 12.6. The van der Waals surface area contributed by atoms with Gasteiger partial charge in [0.15, 0.2) is 5.13 Å². The Bertz CT molecular complexity index is 862. The van der Waals surface area contributed by atoms with Crippen molar-refractivity contribution in [2.45, 2.75) is 31.3 Å². The van der Waals surface area contributed by atoms with Gasteiger partial charge in [-0.1, -0.05) is 53.2 Å². The van der Waals surface area contributed by atoms with Crippen molar-refractivity contribution in [3.05, 3.63) is 39.9 Å². The van der Waals surface area contributed by atoms with Gasteiger partial charge in [-0.25, -0.2) is 9.97 Å². The molecule has 0 fully saturated rings. The number of nitrogens with one attached hydrogen (secondary N) is 2. The fraction of sp³-hybridized carbons (Fsp3) is 0.294. The van der Waals surface area contributed by atoms with Gasteiger partial charge < -0.3 is 5.32 Å². The van der Waals surface area contributed by atoms with Crippen LogP contribution in [-0.4, -0.2) is 31.8 Å². The predicted molar refractivity (Wildman–Crippen MR) is 110 cm³/mol. The summed E-state index contributed by atoms with van der Waals surface area (Å²) >= 11 is 6.14. The third-order valence-corrected chi connectivity index (χ3v) is 5.63. The molecule has 0 bridgehead atoms. The SMILES string of the molecule is CCCCc1nc(SCC(=O)Nc2nc(-c3ccc(Br)cc3)cs2)n[nH]1. The molecule has 136 valence electrons. The number of carbonyl (C=O) groups is 1. The number of rotatable bonds is 8. The van der Waals surface area contributed by atoms with Gasteiger partial charge in [-0.2, -0.15) is 0 Å². The summed E-state index contributed by atoms with van der Waals surface area (Å²) in [4.78, 5) is 21.0. The van der Waals surface area contributed by atoms with E-state index in [1.54, 1.807) is 0 Å². The maximum Gasteiger partial charge on any atom is 0.236 e. The summed E-state index contributed by atoms with van der Waals surface area (Å²) in [7, 11) is 0. The van der Waals surface area contributed by atoms with Crippen LogP contribution in [-0.2, 0) is 11.2 Å². The van der Waals surface area contributed by atoms with Crippen LogP contribution < -0.4 is 5.32 Å². The molecule has 0 saturated heterocycles. The molecule has 0 aliphatic rings. The molecule has 0 atom stereocenters. The molecule has 6 nitrogen and oxygen atoms in total. The first-order valence-electron chi connectivity index (χ1n) is 8.19. The molecule has 0 saturated carbocycles. The predicted octanol–water partition coefficient (Wildman–Crippen LogP) is 4.76. The molecule has 0 radical (unpaired) electrons. The Hall–Kier alpha value is -1.71. The molecule has 0 unspecified atom stereocenters. The quantitative estimate of drug-likeness (QED) is 0.482. The molecule has 9 heteroatoms. The fourth-order valence-electron chi connectivity index (χ4n) is 2.17. The van der Waals surface area contributed by atoms with E-state index in [4.69, 9.17) is 0 Å². The van der Waals surface area contributed by atoms with Crippen LogP contribution in [0.2, 0.25) is 0 Å². The summed E-state index contributed by atoms with van der Waals surface area (Å²) in [6.45, 7) is 2.14. The lowest BCUT2D eigenvalue weighted by molar-refractivity contribution is -0.113. The van der Waals surface area contributed by atoms with Crippen LogP contribution >= 0.6 is 39.0 Å². The summed E-state index contributed by atoms with van der Waals surface area (Å²) in [5.74, 6) is 0.999. The van der Waals surface area contributed by atoms with Gasteiger partial charge in [-0.3, -0.25) is 9.89 Å². The van der Waals surface area contributed by atoms with Crippen LogP contribution in [0.4, 0.5) is 5.13 Å². The first kappa shape index (κ1) is 19.1. The lowest BCUT2D eigenvalue weighted by atomic mass is 10.2. The van der Waals surface area contributed by atoms with E-state index < -0.39 is 0 Å². The second-order valence-electron chi connectivity index (χ2n) is 5.55. The normalized spacial score (nSPS) is 10.8. The summed E-state index contributed by atoms with van der Waals surface area (Å²) < 4.78 is 1.02. The third kappa shape index (κ3) is 5.39. The van der Waals surface area contributed by atoms with E-state index in [1.807, 2.05) is 29.6 Å². The Morgan fingerprint density at radius 3 is 2.88 bits per heavy atom. The smallest absolute Gasteiger partial charge is 0.236 e. The molecule has 2 aromatic heterocycles. The van der Waals surface area contributed by atoms with E-state index in [1.165, 1.54) is 23.1 Å². The zero-order valence-electron chi connectivity index (χ0n) is 14.2. The van der Waals surface area contributed by atoms with Crippen LogP contribution in [0, 0.1) is 0 Å². The second kappa shape index (κ2) is 9.29. The van der Waals surface area contributed by atoms with Gasteiger partial charge in [0.05, 0.1) is 11.4 Å². The Morgan fingerprint density at radius 1 is 1.31 bits per heavy atom. The maximum atomic E-state index is 12.1. The molecule has 2 N–H and O–H groups in total. The van der Waals surface area contributed by atoms with Gasteiger partial charge in [0.25, 0.3) is 0 Å². The van der Waals surface area contributed by atoms with Gasteiger partial charge in [0.2, 0.25) is 11.1 Å². The van der Waals surface area contributed by atoms with Crippen molar-refractivity contribution in [1.82, 2.24) is 20.2 Å². The van der Waals surface area contributed by atoms with Gasteiger partial charge in [0.1, 0.15) is 5.82 Å². The highest BCUT2D eigenvalue weighted by Gasteiger charge is 2.11. The number of anilines is 1. The lowest BCUT2D eigenvalue weighted by Crippen LogP contribution is -2.13. The lowest BCUT2D eigenvalue weighted by Gasteiger charge is -2.00. The Morgan fingerprint density at radius 2 is 2.12 bits per heavy atom. The van der Waals surface area contributed by atoms with Gasteiger partial charge in [0, 0.05) is 21.8 Å². The molecule has 3 aromatic rings. The van der Waals surface area contributed by atoms with E-state index >= 15 is 0 Å². The minimum atomic E-state index is -0.119. The van der Waals surface area contributed by atoms with E-state index in [2.05, 4.69) is 48.3 Å². The van der Waals surface area contributed by atoms with Crippen molar-refractivity contribution in [2.75, 3.05) is 11.1 Å². The van der Waals surface area contributed by atoms with Crippen LogP contribution in [0.1, 0.15) is 25.6 Å². The average molecular weight is 452 g/mol. The van der Waals surface area contributed by atoms with Crippen LogP contribution in [0.25, 0.3) is 11.3 Å². The highest BCUT2D eigenvalue weighted by molar-refractivity contribution is 9.10. The number of thiazole rings is 1. The van der Waals surface area contributed by atoms with Crippen molar-refractivity contribution in [3.8, 4) is 11.3 Å². The summed E-state index contributed by atoms with van der Waals surface area (Å²) in [6, 6.07) is 7.91. The molecular weight excluding hydrogens is 434 g/mol. The summed E-state index contributed by atoms with van der Waals surface area (Å²) in [6.07, 6.45) is 3.07. The van der Waals surface area contributed by atoms with Gasteiger partial charge >= 0.3 is 0 Å². The van der Waals surface area contributed by atoms with Crippen LogP contribution in [0.15, 0.2) is 39.3 Å². The maximum absolute atomic E-state index is 12.1. The van der Waals surface area contributed by atoms with Crippen LogP contribution in [0.5, 0.6) is 0 Å². The number of benzene rings is 1. The zero-order valence-corrected chi connectivity index (χ0v) is 17.4. The number of aromatic nitrogens is 4. The van der Waals surface area contributed by atoms with E-state index in [-0.39, 0.29) is 11.7 Å². The number of amides is 1. The second-order valence-corrected chi connectivity index (χ2v) is 8.27. The fourth-order valence-corrected chi connectivity index (χ4v) is 3.79. The largest absolute Gasteiger partial charge is 0.301 e. The minimum Gasteiger partial charge on any atom is -0.301 e. The van der Waals surface area contributed by atoms with Crippen molar-refractivity contribution < 1.29 is 4.79 Å². The van der Waals surface area contributed by atoms with Crippen molar-refractivity contribution in [2.24, 2.45) is 0 Å². The molecule has 2 heterocycles. The number of unbranched alkanes of at least 4 members (excludes halogenated alkanes) is 1. The molecule has 26 heavy (non-hydrogen) atoms. The van der Waals surface area contributed by atoms with E-state index in [9.17, 15) is 4.79 Å². The molecule has 0 spiro atoms. The summed E-state index contributed by atoms with van der Waals surface area (Å²) in [5.41, 5.74) is 1.86. The number of nitrogens with zero attached hydrogens (tertiary/aromatic N) is 3. The standard InChI is InChI=1S/C17H18BrN5OS2/c1-2-3-4-14-20-17(23-22-14)26-10-15(24)21-16-19-13(9-25-16)11-5-7-12(18)8-6-11/h5-9H,2-4,10H2,1H3,(H,19,21,24)(H,20,22,23). The first-order valence-corrected chi connectivity index (χ1v) is 10.8. The minimum absolute atomic E-state index is 0.119. The molecule has 3 rings (SSSR count). The highest BCUT2D eigenvalue weighted by atomic mass is 79.9. The van der Waals surface area contributed by atoms with Gasteiger partial charge in [-0.05, 0) is 18.6 Å². The van der Waals surface area contributed by atoms with Gasteiger partial charge in [-0.15, -0.1) is 16.4 Å².